The number of imide groups is 1. The van der Waals surface area contributed by atoms with E-state index in [0.29, 0.717) is 6.54 Å². The molecule has 2 aromatic heterocycles. The smallest absolute Gasteiger partial charge is 0.413 e. The summed E-state index contributed by atoms with van der Waals surface area (Å²) >= 11 is 0. The summed E-state index contributed by atoms with van der Waals surface area (Å²) in [5, 5.41) is 1.94. The van der Waals surface area contributed by atoms with Gasteiger partial charge in [-0.1, -0.05) is 0 Å². The van der Waals surface area contributed by atoms with E-state index in [0.717, 1.165) is 22.7 Å². The van der Waals surface area contributed by atoms with Gasteiger partial charge in [-0.15, -0.1) is 0 Å². The summed E-state index contributed by atoms with van der Waals surface area (Å²) in [6, 6.07) is 5.67. The standard InChI is InChI=1S/C19H22N2O6/c1-4-25-19(24)20-17(22)12-27-18(23)8-7-15-10-13(2)21(14(15)3)11-16-6-5-9-26-16/h5-10H,4,11-12H2,1-3H3,(H,20,22,24)/b8-7+. The van der Waals surface area contributed by atoms with E-state index in [1.165, 1.54) is 6.08 Å². The number of ether oxygens (including phenoxy) is 2. The zero-order chi connectivity index (χ0) is 19.8. The van der Waals surface area contributed by atoms with Crippen molar-refractivity contribution in [3.8, 4) is 0 Å². The van der Waals surface area contributed by atoms with Crippen LogP contribution in [0.2, 0.25) is 0 Å². The van der Waals surface area contributed by atoms with E-state index >= 15 is 0 Å². The van der Waals surface area contributed by atoms with Crippen LogP contribution in [0.15, 0.2) is 35.0 Å². The van der Waals surface area contributed by atoms with Gasteiger partial charge < -0.3 is 18.5 Å². The van der Waals surface area contributed by atoms with E-state index in [1.54, 1.807) is 19.3 Å². The molecule has 0 saturated carbocycles. The second kappa shape index (κ2) is 9.42. The summed E-state index contributed by atoms with van der Waals surface area (Å²) in [6.45, 7) is 5.68. The Hall–Kier alpha value is -3.29. The molecule has 8 nitrogen and oxygen atoms in total. The third kappa shape index (κ3) is 5.88. The number of furan rings is 1. The van der Waals surface area contributed by atoms with Crippen molar-refractivity contribution < 1.29 is 28.3 Å². The van der Waals surface area contributed by atoms with E-state index in [9.17, 15) is 14.4 Å². The first-order chi connectivity index (χ1) is 12.9. The van der Waals surface area contributed by atoms with Gasteiger partial charge in [0.1, 0.15) is 5.76 Å². The van der Waals surface area contributed by atoms with Gasteiger partial charge in [-0.2, -0.15) is 0 Å². The molecular weight excluding hydrogens is 352 g/mol. The number of esters is 1. The molecule has 0 aromatic carbocycles. The number of hydrogen-bond donors (Lipinski definition) is 1. The molecule has 2 aromatic rings. The van der Waals surface area contributed by atoms with Crippen LogP contribution < -0.4 is 5.32 Å². The van der Waals surface area contributed by atoms with Crippen molar-refractivity contribution in [1.82, 2.24) is 9.88 Å². The average molecular weight is 374 g/mol. The van der Waals surface area contributed by atoms with Crippen molar-refractivity contribution in [3.63, 3.8) is 0 Å². The summed E-state index contributed by atoms with van der Waals surface area (Å²) in [7, 11) is 0. The Kier molecular flexibility index (Phi) is 6.99. The highest BCUT2D eigenvalue weighted by Gasteiger charge is 2.11. The van der Waals surface area contributed by atoms with E-state index in [1.807, 2.05) is 37.4 Å². The van der Waals surface area contributed by atoms with Crippen molar-refractivity contribution in [2.24, 2.45) is 0 Å². The third-order valence-electron chi connectivity index (χ3n) is 3.77. The van der Waals surface area contributed by atoms with Crippen LogP contribution in [0.5, 0.6) is 0 Å². The van der Waals surface area contributed by atoms with Gasteiger partial charge in [0.2, 0.25) is 0 Å². The second-order valence-corrected chi connectivity index (χ2v) is 5.70. The highest BCUT2D eigenvalue weighted by atomic mass is 16.6. The first kappa shape index (κ1) is 20.0. The van der Waals surface area contributed by atoms with Gasteiger partial charge in [0.15, 0.2) is 6.61 Å². The van der Waals surface area contributed by atoms with Crippen molar-refractivity contribution in [3.05, 3.63) is 53.2 Å². The molecule has 2 rings (SSSR count). The van der Waals surface area contributed by atoms with Crippen LogP contribution in [0.3, 0.4) is 0 Å². The van der Waals surface area contributed by atoms with E-state index in [-0.39, 0.29) is 6.61 Å². The quantitative estimate of drug-likeness (QED) is 0.591. The lowest BCUT2D eigenvalue weighted by atomic mass is 10.2. The Bertz CT molecular complexity index is 833. The molecule has 0 aliphatic rings. The van der Waals surface area contributed by atoms with Gasteiger partial charge in [-0.3, -0.25) is 10.1 Å². The molecule has 0 radical (unpaired) electrons. The third-order valence-corrected chi connectivity index (χ3v) is 3.77. The van der Waals surface area contributed by atoms with Crippen LogP contribution in [-0.4, -0.2) is 35.8 Å². The summed E-state index contributed by atoms with van der Waals surface area (Å²) in [6.07, 6.45) is 3.60. The molecule has 0 atom stereocenters. The maximum atomic E-state index is 11.8. The Labute approximate surface area is 156 Å². The van der Waals surface area contributed by atoms with E-state index in [4.69, 9.17) is 9.15 Å². The number of aromatic nitrogens is 1. The van der Waals surface area contributed by atoms with Crippen molar-refractivity contribution >= 4 is 24.0 Å². The number of alkyl carbamates (subject to hydrolysis) is 1. The minimum absolute atomic E-state index is 0.139. The number of nitrogens with zero attached hydrogens (tertiary/aromatic N) is 1. The first-order valence-electron chi connectivity index (χ1n) is 8.41. The van der Waals surface area contributed by atoms with Crippen LogP contribution in [0.25, 0.3) is 6.08 Å². The van der Waals surface area contributed by atoms with Crippen LogP contribution in [0, 0.1) is 13.8 Å². The minimum atomic E-state index is -0.877. The van der Waals surface area contributed by atoms with Gasteiger partial charge in [0.05, 0.1) is 19.4 Å². The molecule has 0 spiro atoms. The fraction of sp³-hybridized carbons (Fsp3) is 0.316. The molecular formula is C19H22N2O6. The number of nitrogens with one attached hydrogen (secondary N) is 1. The number of amides is 2. The zero-order valence-electron chi connectivity index (χ0n) is 15.5. The topological polar surface area (TPSA) is 99.8 Å². The van der Waals surface area contributed by atoms with Crippen LogP contribution >= 0.6 is 0 Å². The summed E-state index contributed by atoms with van der Waals surface area (Å²) in [5.74, 6) is -0.615. The Morgan fingerprint density at radius 2 is 2.04 bits per heavy atom. The van der Waals surface area contributed by atoms with E-state index < -0.39 is 24.6 Å². The number of aryl methyl sites for hydroxylation is 1. The molecule has 0 bridgehead atoms. The molecule has 0 aliphatic carbocycles. The van der Waals surface area contributed by atoms with Crippen LogP contribution in [-0.2, 0) is 25.6 Å². The van der Waals surface area contributed by atoms with Crippen LogP contribution in [0.4, 0.5) is 4.79 Å². The lowest BCUT2D eigenvalue weighted by Crippen LogP contribution is -2.34. The fourth-order valence-electron chi connectivity index (χ4n) is 2.46. The summed E-state index contributed by atoms with van der Waals surface area (Å²) in [4.78, 5) is 34.3. The van der Waals surface area contributed by atoms with Crippen molar-refractivity contribution in [1.29, 1.82) is 0 Å². The highest BCUT2D eigenvalue weighted by molar-refractivity contribution is 5.94. The maximum absolute atomic E-state index is 11.8. The summed E-state index contributed by atoms with van der Waals surface area (Å²) < 4.78 is 16.8. The zero-order valence-corrected chi connectivity index (χ0v) is 15.5. The normalized spacial score (nSPS) is 10.8. The van der Waals surface area contributed by atoms with Gasteiger partial charge in [0.25, 0.3) is 5.91 Å². The molecule has 27 heavy (non-hydrogen) atoms. The van der Waals surface area contributed by atoms with Gasteiger partial charge >= 0.3 is 12.1 Å². The van der Waals surface area contributed by atoms with Gasteiger partial charge in [-0.25, -0.2) is 9.59 Å². The molecule has 8 heteroatoms. The number of rotatable bonds is 7. The molecule has 2 amide bonds. The van der Waals surface area contributed by atoms with E-state index in [2.05, 4.69) is 9.30 Å². The van der Waals surface area contributed by atoms with Gasteiger partial charge in [0, 0.05) is 17.5 Å². The monoisotopic (exact) mass is 374 g/mol. The predicted molar refractivity (Wildman–Crippen MR) is 96.9 cm³/mol. The average Bonchev–Trinajstić information content (AvgIpc) is 3.22. The number of hydrogen-bond acceptors (Lipinski definition) is 6. The maximum Gasteiger partial charge on any atom is 0.413 e. The second-order valence-electron chi connectivity index (χ2n) is 5.70. The molecule has 1 N–H and O–H groups in total. The predicted octanol–water partition coefficient (Wildman–Crippen LogP) is 2.58. The van der Waals surface area contributed by atoms with Crippen LogP contribution in [0.1, 0.15) is 29.6 Å². The number of carbonyl (C=O) groups excluding carboxylic acids is 3. The minimum Gasteiger partial charge on any atom is -0.467 e. The number of carbonyl (C=O) groups is 3. The highest BCUT2D eigenvalue weighted by Crippen LogP contribution is 2.18. The SMILES string of the molecule is CCOC(=O)NC(=O)COC(=O)/C=C/c1cc(C)n(Cc2ccco2)c1C. The lowest BCUT2D eigenvalue weighted by Gasteiger charge is -2.07. The molecule has 0 saturated heterocycles. The Morgan fingerprint density at radius 3 is 2.70 bits per heavy atom. The Balaban J connectivity index is 1.90. The largest absolute Gasteiger partial charge is 0.467 e. The fourth-order valence-corrected chi connectivity index (χ4v) is 2.46. The molecule has 144 valence electrons. The molecule has 2 heterocycles. The first-order valence-corrected chi connectivity index (χ1v) is 8.41. The van der Waals surface area contributed by atoms with Crippen molar-refractivity contribution in [2.75, 3.05) is 13.2 Å². The molecule has 0 unspecified atom stereocenters. The Morgan fingerprint density at radius 1 is 1.26 bits per heavy atom. The van der Waals surface area contributed by atoms with Crippen molar-refractivity contribution in [2.45, 2.75) is 27.3 Å². The summed E-state index contributed by atoms with van der Waals surface area (Å²) in [5.41, 5.74) is 2.84. The molecule has 0 aliphatic heterocycles. The molecule has 0 fully saturated rings. The van der Waals surface area contributed by atoms with Gasteiger partial charge in [-0.05, 0) is 50.6 Å². The lowest BCUT2D eigenvalue weighted by molar-refractivity contribution is -0.143.